The third kappa shape index (κ3) is 2.69. The predicted octanol–water partition coefficient (Wildman–Crippen LogP) is 0.317. The molecular formula is C13H18N2O4. The first-order valence-corrected chi connectivity index (χ1v) is 6.28. The molecule has 2 heterocycles. The Morgan fingerprint density at radius 3 is 2.95 bits per heavy atom. The number of hydrogen-bond acceptors (Lipinski definition) is 4. The van der Waals surface area contributed by atoms with Gasteiger partial charge in [-0.3, -0.25) is 14.3 Å². The Morgan fingerprint density at radius 1 is 1.58 bits per heavy atom. The standard InChI is InChI=1S/C13H18N2O4/c1-3-4-9-5-11(19-10(9)7-16)15-6-8(2)12(17)14-13(15)18/h3-4,6,9-11,16H,5,7H2,1-2H3,(H,14,17,18)/t9?,10-,11-/m1/s1. The monoisotopic (exact) mass is 266 g/mol. The molecule has 0 aromatic carbocycles. The minimum Gasteiger partial charge on any atom is -0.394 e. The van der Waals surface area contributed by atoms with E-state index in [1.54, 1.807) is 6.92 Å². The number of ether oxygens (including phenoxy) is 1. The lowest BCUT2D eigenvalue weighted by atomic mass is 10.0. The summed E-state index contributed by atoms with van der Waals surface area (Å²) in [5.74, 6) is 0.0686. The van der Waals surface area contributed by atoms with Crippen LogP contribution in [0.1, 0.15) is 25.1 Å². The number of aliphatic hydroxyl groups excluding tert-OH is 1. The highest BCUT2D eigenvalue weighted by molar-refractivity contribution is 5.03. The zero-order chi connectivity index (χ0) is 14.0. The number of allylic oxidation sites excluding steroid dienone is 1. The molecule has 2 N–H and O–H groups in total. The van der Waals surface area contributed by atoms with E-state index in [0.29, 0.717) is 12.0 Å². The highest BCUT2D eigenvalue weighted by atomic mass is 16.5. The molecule has 104 valence electrons. The predicted molar refractivity (Wildman–Crippen MR) is 70.0 cm³/mol. The Kier molecular flexibility index (Phi) is 4.01. The fraction of sp³-hybridized carbons (Fsp3) is 0.538. The average molecular weight is 266 g/mol. The maximum Gasteiger partial charge on any atom is 0.330 e. The van der Waals surface area contributed by atoms with Crippen molar-refractivity contribution in [2.24, 2.45) is 5.92 Å². The van der Waals surface area contributed by atoms with Crippen molar-refractivity contribution in [3.05, 3.63) is 44.8 Å². The van der Waals surface area contributed by atoms with Crippen LogP contribution in [0, 0.1) is 12.8 Å². The molecule has 2 rings (SSSR count). The Balaban J connectivity index is 2.32. The molecule has 0 aliphatic carbocycles. The fourth-order valence-corrected chi connectivity index (χ4v) is 2.35. The minimum atomic E-state index is -0.488. The van der Waals surface area contributed by atoms with Crippen molar-refractivity contribution in [3.8, 4) is 0 Å². The van der Waals surface area contributed by atoms with Gasteiger partial charge in [0, 0.05) is 24.1 Å². The van der Waals surface area contributed by atoms with Gasteiger partial charge >= 0.3 is 5.69 Å². The molecule has 1 aliphatic rings. The first-order chi connectivity index (χ1) is 9.06. The van der Waals surface area contributed by atoms with Gasteiger partial charge in [-0.1, -0.05) is 12.2 Å². The van der Waals surface area contributed by atoms with Crippen LogP contribution >= 0.6 is 0 Å². The molecule has 0 saturated carbocycles. The van der Waals surface area contributed by atoms with Gasteiger partial charge in [0.15, 0.2) is 0 Å². The third-order valence-electron chi connectivity index (χ3n) is 3.36. The van der Waals surface area contributed by atoms with E-state index < -0.39 is 11.9 Å². The highest BCUT2D eigenvalue weighted by Gasteiger charge is 2.34. The van der Waals surface area contributed by atoms with Gasteiger partial charge in [0.2, 0.25) is 0 Å². The molecule has 1 unspecified atom stereocenters. The molecule has 1 fully saturated rings. The van der Waals surface area contributed by atoms with Crippen LogP contribution in [0.25, 0.3) is 0 Å². The van der Waals surface area contributed by atoms with Crippen LogP contribution in [0.5, 0.6) is 0 Å². The number of rotatable bonds is 3. The molecule has 1 aromatic heterocycles. The molecular weight excluding hydrogens is 248 g/mol. The van der Waals surface area contributed by atoms with E-state index in [2.05, 4.69) is 4.98 Å². The van der Waals surface area contributed by atoms with E-state index in [0.717, 1.165) is 0 Å². The lowest BCUT2D eigenvalue weighted by Gasteiger charge is -2.14. The summed E-state index contributed by atoms with van der Waals surface area (Å²) < 4.78 is 7.06. The van der Waals surface area contributed by atoms with Gasteiger partial charge in [0.25, 0.3) is 5.56 Å². The van der Waals surface area contributed by atoms with Crippen molar-refractivity contribution in [3.63, 3.8) is 0 Å². The van der Waals surface area contributed by atoms with Gasteiger partial charge in [0.1, 0.15) is 6.23 Å². The number of H-pyrrole nitrogens is 1. The van der Waals surface area contributed by atoms with Gasteiger partial charge in [-0.2, -0.15) is 0 Å². The van der Waals surface area contributed by atoms with Crippen LogP contribution in [0.4, 0.5) is 0 Å². The van der Waals surface area contributed by atoms with Crippen LogP contribution in [0.15, 0.2) is 27.9 Å². The smallest absolute Gasteiger partial charge is 0.330 e. The maximum absolute atomic E-state index is 11.8. The summed E-state index contributed by atoms with van der Waals surface area (Å²) in [4.78, 5) is 25.4. The SMILES string of the molecule is CC=CC1C[C@H](n2cc(C)c(=O)[nH]c2=O)O[C@@H]1CO. The average Bonchev–Trinajstić information content (AvgIpc) is 2.77. The Morgan fingerprint density at radius 2 is 2.32 bits per heavy atom. The zero-order valence-corrected chi connectivity index (χ0v) is 11.0. The van der Waals surface area contributed by atoms with Crippen LogP contribution in [0.2, 0.25) is 0 Å². The number of nitrogens with zero attached hydrogens (tertiary/aromatic N) is 1. The van der Waals surface area contributed by atoms with Crippen molar-refractivity contribution < 1.29 is 9.84 Å². The molecule has 0 spiro atoms. The normalized spacial score (nSPS) is 27.2. The number of aromatic amines is 1. The summed E-state index contributed by atoms with van der Waals surface area (Å²) in [7, 11) is 0. The van der Waals surface area contributed by atoms with Gasteiger partial charge in [-0.15, -0.1) is 0 Å². The lowest BCUT2D eigenvalue weighted by molar-refractivity contribution is -0.0295. The molecule has 1 saturated heterocycles. The fourth-order valence-electron chi connectivity index (χ4n) is 2.35. The summed E-state index contributed by atoms with van der Waals surface area (Å²) in [6.45, 7) is 3.44. The summed E-state index contributed by atoms with van der Waals surface area (Å²) in [5, 5.41) is 9.29. The number of hydrogen-bond donors (Lipinski definition) is 2. The Hall–Kier alpha value is -1.66. The second-order valence-corrected chi connectivity index (χ2v) is 4.72. The second-order valence-electron chi connectivity index (χ2n) is 4.72. The molecule has 3 atom stereocenters. The number of aliphatic hydroxyl groups is 1. The summed E-state index contributed by atoms with van der Waals surface area (Å²) in [6, 6.07) is 0. The molecule has 0 radical (unpaired) electrons. The molecule has 6 heteroatoms. The Bertz CT molecular complexity index is 587. The van der Waals surface area contributed by atoms with E-state index in [4.69, 9.17) is 4.74 Å². The van der Waals surface area contributed by atoms with Crippen LogP contribution in [0.3, 0.4) is 0 Å². The highest BCUT2D eigenvalue weighted by Crippen LogP contribution is 2.33. The quantitative estimate of drug-likeness (QED) is 0.771. The number of nitrogens with one attached hydrogen (secondary N) is 1. The van der Waals surface area contributed by atoms with Crippen molar-refractivity contribution >= 4 is 0 Å². The number of aryl methyl sites for hydroxylation is 1. The molecule has 19 heavy (non-hydrogen) atoms. The van der Waals surface area contributed by atoms with Gasteiger partial charge in [-0.05, 0) is 13.8 Å². The van der Waals surface area contributed by atoms with E-state index in [9.17, 15) is 14.7 Å². The molecule has 0 bridgehead atoms. The van der Waals surface area contributed by atoms with Crippen LogP contribution in [-0.4, -0.2) is 27.4 Å². The lowest BCUT2D eigenvalue weighted by Crippen LogP contribution is -2.33. The zero-order valence-electron chi connectivity index (χ0n) is 11.0. The van der Waals surface area contributed by atoms with E-state index in [1.165, 1.54) is 10.8 Å². The van der Waals surface area contributed by atoms with Gasteiger partial charge in [-0.25, -0.2) is 4.79 Å². The first-order valence-electron chi connectivity index (χ1n) is 6.28. The topological polar surface area (TPSA) is 84.3 Å². The minimum absolute atomic E-state index is 0.0686. The maximum atomic E-state index is 11.8. The van der Waals surface area contributed by atoms with E-state index in [-0.39, 0.29) is 24.2 Å². The van der Waals surface area contributed by atoms with Crippen molar-refractivity contribution in [2.75, 3.05) is 6.61 Å². The van der Waals surface area contributed by atoms with Gasteiger partial charge < -0.3 is 9.84 Å². The first kappa shape index (κ1) is 13.8. The van der Waals surface area contributed by atoms with Crippen LogP contribution < -0.4 is 11.2 Å². The summed E-state index contributed by atoms with van der Waals surface area (Å²) in [5.41, 5.74) is -0.417. The Labute approximate surface area is 110 Å². The van der Waals surface area contributed by atoms with Crippen molar-refractivity contribution in [1.29, 1.82) is 0 Å². The van der Waals surface area contributed by atoms with E-state index >= 15 is 0 Å². The largest absolute Gasteiger partial charge is 0.394 e. The summed E-state index contributed by atoms with van der Waals surface area (Å²) >= 11 is 0. The van der Waals surface area contributed by atoms with Crippen molar-refractivity contribution in [2.45, 2.75) is 32.6 Å². The molecule has 1 aliphatic heterocycles. The van der Waals surface area contributed by atoms with Gasteiger partial charge in [0.05, 0.1) is 12.7 Å². The van der Waals surface area contributed by atoms with Crippen LogP contribution in [-0.2, 0) is 4.74 Å². The third-order valence-corrected chi connectivity index (χ3v) is 3.36. The molecule has 1 aromatic rings. The molecule has 0 amide bonds. The second kappa shape index (κ2) is 5.54. The number of aromatic nitrogens is 2. The molecule has 6 nitrogen and oxygen atoms in total. The van der Waals surface area contributed by atoms with Crippen molar-refractivity contribution in [1.82, 2.24) is 9.55 Å². The summed E-state index contributed by atoms with van der Waals surface area (Å²) in [6.07, 6.45) is 5.19. The van der Waals surface area contributed by atoms with E-state index in [1.807, 2.05) is 19.1 Å².